The van der Waals surface area contributed by atoms with Crippen LogP contribution in [0.5, 0.6) is 11.5 Å². The predicted molar refractivity (Wildman–Crippen MR) is 324 cm³/mol. The number of anilines is 4. The van der Waals surface area contributed by atoms with Gasteiger partial charge in [-0.3, -0.25) is 4.57 Å². The molecule has 0 N–H and O–H groups in total. The van der Waals surface area contributed by atoms with Crippen LogP contribution in [0.25, 0.3) is 49.9 Å². The summed E-state index contributed by atoms with van der Waals surface area (Å²) in [4.78, 5) is 10.0. The molecule has 0 amide bonds. The van der Waals surface area contributed by atoms with Crippen LogP contribution >= 0.6 is 0 Å². The standard InChI is InChI=1S/C70H69BN4O/c1-67(2,3)47-33-34-72-63(40-47)75-61-32-22-29-57-64(61)65-58(71(57)51-25-17-14-18-26-51)42-54(43-62(65)75)76-53-28-21-27-52(41-53)73-44-74(60-31-20-19-30-59(60)73)66-55(45-23-15-13-16-24-45)38-50(70(10,11)12)39-56(66)46-35-48(68(4,5)6)37-49(36-46)69(7,8)9/h13-43H,44H2,1-12H3. The van der Waals surface area contributed by atoms with Gasteiger partial charge in [0.25, 0.3) is 0 Å². The number of aromatic nitrogens is 2. The Bertz CT molecular complexity index is 3850. The number of benzene rings is 8. The number of pyridine rings is 1. The SMILES string of the molecule is CC(C)(C)c1cc(-c2cc(C(C)(C)C)cc(-c3ccccc3)c2N2CN(c3cccc(Oc4cc5c6c7c(cccc7n(-c7cc(C(C)(C)C)ccn7)c6c4)B5c4ccccc4)c3)c3ccccc32)cc(C(C)(C)C)c1. The van der Waals surface area contributed by atoms with E-state index in [4.69, 9.17) is 9.72 Å². The molecule has 2 aromatic heterocycles. The second-order valence-electron chi connectivity index (χ2n) is 25.4. The maximum atomic E-state index is 7.17. The molecule has 2 aliphatic heterocycles. The van der Waals surface area contributed by atoms with Crippen LogP contribution in [0, 0.1) is 0 Å². The first-order valence-corrected chi connectivity index (χ1v) is 27.2. The average Bonchev–Trinajstić information content (AvgIpc) is 4.11. The first-order chi connectivity index (χ1) is 36.2. The zero-order chi connectivity index (χ0) is 53.1. The van der Waals surface area contributed by atoms with Gasteiger partial charge in [0.1, 0.15) is 24.0 Å². The van der Waals surface area contributed by atoms with Crippen molar-refractivity contribution in [2.75, 3.05) is 16.5 Å². The lowest BCUT2D eigenvalue weighted by Crippen LogP contribution is -2.49. The van der Waals surface area contributed by atoms with E-state index in [2.05, 4.69) is 279 Å². The summed E-state index contributed by atoms with van der Waals surface area (Å²) in [5, 5.41) is 2.56. The van der Waals surface area contributed by atoms with Crippen LogP contribution in [0.1, 0.15) is 105 Å². The summed E-state index contributed by atoms with van der Waals surface area (Å²) in [6.45, 7) is 28.5. The molecule has 0 saturated carbocycles. The van der Waals surface area contributed by atoms with E-state index in [0.29, 0.717) is 6.67 Å². The van der Waals surface area contributed by atoms with Gasteiger partial charge < -0.3 is 14.5 Å². The molecule has 0 radical (unpaired) electrons. The monoisotopic (exact) mass is 993 g/mol. The molecule has 0 fully saturated rings. The number of ether oxygens (including phenoxy) is 1. The second kappa shape index (κ2) is 17.9. The van der Waals surface area contributed by atoms with Gasteiger partial charge in [-0.05, 0) is 116 Å². The molecule has 2 aliphatic rings. The smallest absolute Gasteiger partial charge is 0.243 e. The van der Waals surface area contributed by atoms with Gasteiger partial charge in [-0.1, -0.05) is 209 Å². The van der Waals surface area contributed by atoms with E-state index in [1.807, 2.05) is 6.20 Å². The molecule has 0 aliphatic carbocycles. The first kappa shape index (κ1) is 49.1. The Balaban J connectivity index is 0.997. The van der Waals surface area contributed by atoms with E-state index >= 15 is 0 Å². The Hall–Kier alpha value is -7.83. The van der Waals surface area contributed by atoms with Crippen molar-refractivity contribution in [3.8, 4) is 39.6 Å². The van der Waals surface area contributed by atoms with Crippen LogP contribution < -0.4 is 30.9 Å². The summed E-state index contributed by atoms with van der Waals surface area (Å²) in [5.41, 5.74) is 20.5. The number of nitrogens with zero attached hydrogens (tertiary/aromatic N) is 4. The fourth-order valence-electron chi connectivity index (χ4n) is 11.7. The van der Waals surface area contributed by atoms with Crippen LogP contribution in [0.2, 0.25) is 0 Å². The molecular weight excluding hydrogens is 924 g/mol. The van der Waals surface area contributed by atoms with E-state index in [0.717, 1.165) is 45.4 Å². The van der Waals surface area contributed by atoms with E-state index in [9.17, 15) is 0 Å². The Morgan fingerprint density at radius 2 is 1.01 bits per heavy atom. The number of hydrogen-bond acceptors (Lipinski definition) is 4. The molecule has 10 aromatic rings. The van der Waals surface area contributed by atoms with Crippen LogP contribution in [0.4, 0.5) is 22.7 Å². The minimum Gasteiger partial charge on any atom is -0.457 e. The lowest BCUT2D eigenvalue weighted by atomic mass is 9.38. The summed E-state index contributed by atoms with van der Waals surface area (Å²) in [5.74, 6) is 2.48. The minimum atomic E-state index is -0.0976. The quantitative estimate of drug-likeness (QED) is 0.142. The van der Waals surface area contributed by atoms with Gasteiger partial charge >= 0.3 is 0 Å². The average molecular weight is 993 g/mol. The van der Waals surface area contributed by atoms with Gasteiger partial charge in [-0.2, -0.15) is 0 Å². The van der Waals surface area contributed by atoms with E-state index < -0.39 is 0 Å². The normalized spacial score (nSPS) is 13.7. The summed E-state index contributed by atoms with van der Waals surface area (Å²) in [6, 6.07) is 67.4. The zero-order valence-corrected chi connectivity index (χ0v) is 46.4. The highest BCUT2D eigenvalue weighted by molar-refractivity contribution is 7.01. The van der Waals surface area contributed by atoms with Gasteiger partial charge in [0.2, 0.25) is 6.71 Å². The van der Waals surface area contributed by atoms with E-state index in [1.54, 1.807) is 0 Å². The van der Waals surface area contributed by atoms with Crippen molar-refractivity contribution < 1.29 is 4.74 Å². The topological polar surface area (TPSA) is 33.5 Å². The van der Waals surface area contributed by atoms with Crippen molar-refractivity contribution in [2.24, 2.45) is 0 Å². The summed E-state index contributed by atoms with van der Waals surface area (Å²) >= 11 is 0. The molecule has 8 aromatic carbocycles. The first-order valence-electron chi connectivity index (χ1n) is 27.2. The van der Waals surface area contributed by atoms with Crippen molar-refractivity contribution in [3.63, 3.8) is 0 Å². The lowest BCUT2D eigenvalue weighted by Gasteiger charge is -2.31. The Labute approximate surface area is 450 Å². The zero-order valence-electron chi connectivity index (χ0n) is 46.4. The number of para-hydroxylation sites is 2. The van der Waals surface area contributed by atoms with Gasteiger partial charge in [0.15, 0.2) is 0 Å². The third-order valence-electron chi connectivity index (χ3n) is 15.9. The van der Waals surface area contributed by atoms with Crippen molar-refractivity contribution >= 4 is 67.7 Å². The third kappa shape index (κ3) is 8.56. The summed E-state index contributed by atoms with van der Waals surface area (Å²) in [7, 11) is 0. The second-order valence-corrected chi connectivity index (χ2v) is 25.4. The molecule has 0 atom stereocenters. The van der Waals surface area contributed by atoms with Gasteiger partial charge in [0.05, 0.1) is 28.1 Å². The molecule has 0 saturated heterocycles. The highest BCUT2D eigenvalue weighted by atomic mass is 16.5. The van der Waals surface area contributed by atoms with Gasteiger partial charge in [0, 0.05) is 45.9 Å². The molecule has 12 rings (SSSR count). The minimum absolute atomic E-state index is 0.0357. The molecular formula is C70H69BN4O. The number of hydrogen-bond donors (Lipinski definition) is 0. The van der Waals surface area contributed by atoms with Crippen molar-refractivity contribution in [1.82, 2.24) is 9.55 Å². The molecule has 5 nitrogen and oxygen atoms in total. The van der Waals surface area contributed by atoms with Crippen LogP contribution in [0.15, 0.2) is 188 Å². The Morgan fingerprint density at radius 1 is 0.434 bits per heavy atom. The lowest BCUT2D eigenvalue weighted by molar-refractivity contribution is 0.484. The van der Waals surface area contributed by atoms with E-state index in [1.165, 1.54) is 77.4 Å². The van der Waals surface area contributed by atoms with Gasteiger partial charge in [-0.15, -0.1) is 0 Å². The van der Waals surface area contributed by atoms with Crippen LogP contribution in [-0.4, -0.2) is 22.9 Å². The van der Waals surface area contributed by atoms with E-state index in [-0.39, 0.29) is 28.4 Å². The van der Waals surface area contributed by atoms with Crippen LogP contribution in [-0.2, 0) is 21.7 Å². The molecule has 76 heavy (non-hydrogen) atoms. The molecule has 378 valence electrons. The molecule has 0 spiro atoms. The van der Waals surface area contributed by atoms with Crippen molar-refractivity contribution in [1.29, 1.82) is 0 Å². The fourth-order valence-corrected chi connectivity index (χ4v) is 11.7. The van der Waals surface area contributed by atoms with Crippen molar-refractivity contribution in [3.05, 3.63) is 210 Å². The number of rotatable bonds is 8. The maximum absolute atomic E-state index is 7.17. The van der Waals surface area contributed by atoms with Crippen molar-refractivity contribution in [2.45, 2.75) is 105 Å². The highest BCUT2D eigenvalue weighted by Gasteiger charge is 2.37. The summed E-state index contributed by atoms with van der Waals surface area (Å²) in [6.07, 6.45) is 1.96. The Morgan fingerprint density at radius 3 is 1.67 bits per heavy atom. The van der Waals surface area contributed by atoms with Crippen LogP contribution in [0.3, 0.4) is 0 Å². The molecule has 0 bridgehead atoms. The fraction of sp³-hybridized carbons (Fsp3) is 0.243. The predicted octanol–water partition coefficient (Wildman–Crippen LogP) is 16.6. The molecule has 4 heterocycles. The molecule has 6 heteroatoms. The Kier molecular flexibility index (Phi) is 11.6. The number of fused-ring (bicyclic) bond motifs is 1. The third-order valence-corrected chi connectivity index (χ3v) is 15.9. The summed E-state index contributed by atoms with van der Waals surface area (Å²) < 4.78 is 9.52. The maximum Gasteiger partial charge on any atom is 0.243 e. The highest BCUT2D eigenvalue weighted by Crippen LogP contribution is 2.52. The molecule has 0 unspecified atom stereocenters. The largest absolute Gasteiger partial charge is 0.457 e. The van der Waals surface area contributed by atoms with Gasteiger partial charge in [-0.25, -0.2) is 4.98 Å².